The van der Waals surface area contributed by atoms with Gasteiger partial charge in [0.1, 0.15) is 11.4 Å². The van der Waals surface area contributed by atoms with Gasteiger partial charge in [-0.05, 0) is 39.0 Å². The maximum Gasteiger partial charge on any atom is 0.338 e. The lowest BCUT2D eigenvalue weighted by Crippen LogP contribution is -2.24. The topological polar surface area (TPSA) is 58.6 Å². The Labute approximate surface area is 122 Å². The molecule has 0 aliphatic carbocycles. The number of benzene rings is 1. The van der Waals surface area contributed by atoms with E-state index in [-0.39, 0.29) is 23.7 Å². The van der Waals surface area contributed by atoms with Crippen LogP contribution in [0.25, 0.3) is 0 Å². The minimum Gasteiger partial charge on any atom is -0.456 e. The van der Waals surface area contributed by atoms with Crippen LogP contribution in [0, 0.1) is 5.82 Å². The first-order valence-corrected chi connectivity index (χ1v) is 6.77. The molecule has 0 aliphatic rings. The number of ether oxygens (including phenoxy) is 1. The molecule has 1 atom stereocenters. The van der Waals surface area contributed by atoms with E-state index >= 15 is 0 Å². The predicted molar refractivity (Wildman–Crippen MR) is 76.8 cm³/mol. The highest BCUT2D eigenvalue weighted by Crippen LogP contribution is 2.19. The van der Waals surface area contributed by atoms with Crippen LogP contribution in [0.15, 0.2) is 18.2 Å². The molecule has 0 saturated carbocycles. The number of carbonyl (C=O) groups excluding carboxylic acids is 1. The summed E-state index contributed by atoms with van der Waals surface area (Å²) in [5.41, 5.74) is -0.254. The zero-order valence-corrected chi connectivity index (χ0v) is 12.5. The van der Waals surface area contributed by atoms with Gasteiger partial charge in [-0.2, -0.15) is 0 Å². The van der Waals surface area contributed by atoms with Crippen LogP contribution < -0.4 is 5.32 Å². The molecular formula is C14H19ClFNO3. The van der Waals surface area contributed by atoms with Gasteiger partial charge in [-0.15, -0.1) is 11.6 Å². The average molecular weight is 304 g/mol. The van der Waals surface area contributed by atoms with Crippen molar-refractivity contribution < 1.29 is 19.0 Å². The van der Waals surface area contributed by atoms with Crippen molar-refractivity contribution in [1.29, 1.82) is 0 Å². The molecular weight excluding hydrogens is 285 g/mol. The molecule has 0 aliphatic heterocycles. The summed E-state index contributed by atoms with van der Waals surface area (Å²) >= 11 is 5.45. The molecule has 2 N–H and O–H groups in total. The van der Waals surface area contributed by atoms with Crippen molar-refractivity contribution in [3.8, 4) is 0 Å². The highest BCUT2D eigenvalue weighted by Gasteiger charge is 2.19. The van der Waals surface area contributed by atoms with Gasteiger partial charge in [-0.3, -0.25) is 0 Å². The summed E-state index contributed by atoms with van der Waals surface area (Å²) in [4.78, 5) is 11.9. The Kier molecular flexibility index (Phi) is 5.77. The molecule has 0 saturated heterocycles. The van der Waals surface area contributed by atoms with Gasteiger partial charge in [0.2, 0.25) is 0 Å². The molecule has 1 aromatic rings. The molecule has 20 heavy (non-hydrogen) atoms. The Morgan fingerprint density at radius 3 is 2.70 bits per heavy atom. The van der Waals surface area contributed by atoms with Gasteiger partial charge in [0.05, 0.1) is 23.2 Å². The third kappa shape index (κ3) is 5.35. The van der Waals surface area contributed by atoms with Gasteiger partial charge in [0, 0.05) is 6.54 Å². The molecule has 0 spiro atoms. The third-order valence-electron chi connectivity index (χ3n) is 2.31. The molecule has 1 aromatic carbocycles. The molecule has 6 heteroatoms. The number of carbonyl (C=O) groups is 1. The fourth-order valence-corrected chi connectivity index (χ4v) is 1.52. The lowest BCUT2D eigenvalue weighted by Gasteiger charge is -2.20. The zero-order chi connectivity index (χ0) is 15.3. The first-order chi connectivity index (χ1) is 9.23. The summed E-state index contributed by atoms with van der Waals surface area (Å²) in [6.45, 7) is 5.36. The molecule has 0 amide bonds. The van der Waals surface area contributed by atoms with Gasteiger partial charge >= 0.3 is 5.97 Å². The first kappa shape index (κ1) is 16.7. The number of halogens is 2. The van der Waals surface area contributed by atoms with E-state index in [9.17, 15) is 14.3 Å². The van der Waals surface area contributed by atoms with Gasteiger partial charge < -0.3 is 15.2 Å². The minimum absolute atomic E-state index is 0.0420. The molecule has 0 fully saturated rings. The number of alkyl halides is 1. The standard InChI is InChI=1S/C14H19ClFNO3/c1-14(2,3)20-13(19)9-4-5-11(16)12(6-9)17-8-10(18)7-15/h4-6,10,17-18H,7-8H2,1-3H3. The maximum absolute atomic E-state index is 13.6. The van der Waals surface area contributed by atoms with Crippen LogP contribution in [0.5, 0.6) is 0 Å². The van der Waals surface area contributed by atoms with Crippen LogP contribution in [0.4, 0.5) is 10.1 Å². The van der Waals surface area contributed by atoms with E-state index in [4.69, 9.17) is 16.3 Å². The lowest BCUT2D eigenvalue weighted by atomic mass is 10.1. The minimum atomic E-state index is -0.791. The number of rotatable bonds is 5. The molecule has 112 valence electrons. The second kappa shape index (κ2) is 6.90. The van der Waals surface area contributed by atoms with Crippen molar-refractivity contribution in [2.75, 3.05) is 17.7 Å². The predicted octanol–water partition coefficient (Wildman–Crippen LogP) is 2.79. The average Bonchev–Trinajstić information content (AvgIpc) is 2.35. The van der Waals surface area contributed by atoms with E-state index in [2.05, 4.69) is 5.32 Å². The first-order valence-electron chi connectivity index (χ1n) is 6.23. The van der Waals surface area contributed by atoms with E-state index < -0.39 is 23.5 Å². The molecule has 1 rings (SSSR count). The van der Waals surface area contributed by atoms with E-state index in [0.717, 1.165) is 0 Å². The Morgan fingerprint density at radius 1 is 1.50 bits per heavy atom. The van der Waals surface area contributed by atoms with Gasteiger partial charge in [0.15, 0.2) is 0 Å². The second-order valence-electron chi connectivity index (χ2n) is 5.39. The van der Waals surface area contributed by atoms with E-state index in [1.165, 1.54) is 18.2 Å². The van der Waals surface area contributed by atoms with Gasteiger partial charge in [0.25, 0.3) is 0 Å². The second-order valence-corrected chi connectivity index (χ2v) is 5.69. The number of esters is 1. The maximum atomic E-state index is 13.6. The highest BCUT2D eigenvalue weighted by atomic mass is 35.5. The van der Waals surface area contributed by atoms with E-state index in [0.29, 0.717) is 0 Å². The fraction of sp³-hybridized carbons (Fsp3) is 0.500. The zero-order valence-electron chi connectivity index (χ0n) is 11.7. The molecule has 0 bridgehead atoms. The van der Waals surface area contributed by atoms with Crippen molar-refractivity contribution >= 4 is 23.3 Å². The molecule has 1 unspecified atom stereocenters. The number of hydrogen-bond acceptors (Lipinski definition) is 4. The molecule has 0 aromatic heterocycles. The van der Waals surface area contributed by atoms with Crippen LogP contribution in [0.1, 0.15) is 31.1 Å². The third-order valence-corrected chi connectivity index (χ3v) is 2.66. The fourth-order valence-electron chi connectivity index (χ4n) is 1.41. The van der Waals surface area contributed by atoms with Gasteiger partial charge in [-0.1, -0.05) is 0 Å². The van der Waals surface area contributed by atoms with Crippen LogP contribution in [-0.2, 0) is 4.74 Å². The van der Waals surface area contributed by atoms with Crippen molar-refractivity contribution in [2.24, 2.45) is 0 Å². The number of hydrogen-bond donors (Lipinski definition) is 2. The van der Waals surface area contributed by atoms with E-state index in [1.54, 1.807) is 20.8 Å². The van der Waals surface area contributed by atoms with Crippen molar-refractivity contribution in [2.45, 2.75) is 32.5 Å². The van der Waals surface area contributed by atoms with Crippen molar-refractivity contribution in [3.05, 3.63) is 29.6 Å². The summed E-state index contributed by atoms with van der Waals surface area (Å²) in [6, 6.07) is 3.88. The summed E-state index contributed by atoms with van der Waals surface area (Å²) in [5.74, 6) is -1.00. The SMILES string of the molecule is CC(C)(C)OC(=O)c1ccc(F)c(NCC(O)CCl)c1. The van der Waals surface area contributed by atoms with Crippen molar-refractivity contribution in [1.82, 2.24) is 0 Å². The normalized spacial score (nSPS) is 12.9. The molecule has 0 heterocycles. The summed E-state index contributed by atoms with van der Waals surface area (Å²) in [5, 5.41) is 12.0. The van der Waals surface area contributed by atoms with Crippen LogP contribution in [0.3, 0.4) is 0 Å². The quantitative estimate of drug-likeness (QED) is 0.649. The summed E-state index contributed by atoms with van der Waals surface area (Å²) < 4.78 is 18.8. The highest BCUT2D eigenvalue weighted by molar-refractivity contribution is 6.18. The summed E-state index contributed by atoms with van der Waals surface area (Å²) in [6.07, 6.45) is -0.791. The Hall–Kier alpha value is -1.33. The van der Waals surface area contributed by atoms with Crippen LogP contribution in [0.2, 0.25) is 0 Å². The smallest absolute Gasteiger partial charge is 0.338 e. The van der Waals surface area contributed by atoms with Crippen LogP contribution in [-0.4, -0.2) is 35.2 Å². The number of aliphatic hydroxyl groups is 1. The number of nitrogens with one attached hydrogen (secondary N) is 1. The Bertz CT molecular complexity index is 474. The summed E-state index contributed by atoms with van der Waals surface area (Å²) in [7, 11) is 0. The van der Waals surface area contributed by atoms with Gasteiger partial charge in [-0.25, -0.2) is 9.18 Å². The number of aliphatic hydroxyl groups excluding tert-OH is 1. The Morgan fingerprint density at radius 2 is 2.15 bits per heavy atom. The Balaban J connectivity index is 2.83. The largest absolute Gasteiger partial charge is 0.456 e. The van der Waals surface area contributed by atoms with Crippen LogP contribution >= 0.6 is 11.6 Å². The monoisotopic (exact) mass is 303 g/mol. The van der Waals surface area contributed by atoms with E-state index in [1.807, 2.05) is 0 Å². The lowest BCUT2D eigenvalue weighted by molar-refractivity contribution is 0.00695. The number of anilines is 1. The molecule has 0 radical (unpaired) electrons. The van der Waals surface area contributed by atoms with Crippen molar-refractivity contribution in [3.63, 3.8) is 0 Å². The molecule has 4 nitrogen and oxygen atoms in total.